The highest BCUT2D eigenvalue weighted by molar-refractivity contribution is 5.85. The Morgan fingerprint density at radius 2 is 2.14 bits per heavy atom. The van der Waals surface area contributed by atoms with E-state index in [1.807, 2.05) is 36.2 Å². The Kier molecular flexibility index (Phi) is 6.85. The fourth-order valence-electron chi connectivity index (χ4n) is 3.88. The second-order valence-corrected chi connectivity index (χ2v) is 7.35. The molecule has 2 heterocycles. The number of carbonyl (C=O) groups is 2. The summed E-state index contributed by atoms with van der Waals surface area (Å²) < 4.78 is 7.33. The molecular weight excluding hydrogens is 370 g/mol. The van der Waals surface area contributed by atoms with Crippen molar-refractivity contribution in [3.8, 4) is 5.75 Å². The summed E-state index contributed by atoms with van der Waals surface area (Å²) in [4.78, 5) is 27.8. The maximum atomic E-state index is 13.2. The molecule has 8 nitrogen and oxygen atoms in total. The summed E-state index contributed by atoms with van der Waals surface area (Å²) in [5, 5.41) is 10.8. The molecule has 29 heavy (non-hydrogen) atoms. The van der Waals surface area contributed by atoms with Crippen molar-refractivity contribution in [3.05, 3.63) is 42.0 Å². The van der Waals surface area contributed by atoms with Crippen molar-refractivity contribution in [3.63, 3.8) is 0 Å². The van der Waals surface area contributed by atoms with Gasteiger partial charge in [0.25, 0.3) is 0 Å². The predicted octanol–water partition coefficient (Wildman–Crippen LogP) is 2.22. The third kappa shape index (κ3) is 4.58. The Labute approximate surface area is 171 Å². The topological polar surface area (TPSA) is 89.4 Å². The van der Waals surface area contributed by atoms with E-state index in [0.717, 1.165) is 18.4 Å². The molecule has 156 valence electrons. The van der Waals surface area contributed by atoms with Gasteiger partial charge in [-0.3, -0.25) is 9.59 Å². The minimum absolute atomic E-state index is 0.0853. The van der Waals surface area contributed by atoms with Gasteiger partial charge in [-0.15, -0.1) is 10.2 Å². The van der Waals surface area contributed by atoms with E-state index in [-0.39, 0.29) is 23.8 Å². The van der Waals surface area contributed by atoms with Gasteiger partial charge in [0, 0.05) is 25.6 Å². The minimum Gasteiger partial charge on any atom is -0.496 e. The molecular formula is C21H29N5O3. The maximum Gasteiger partial charge on any atom is 0.225 e. The lowest BCUT2D eigenvalue weighted by molar-refractivity contribution is -0.143. The fourth-order valence-corrected chi connectivity index (χ4v) is 3.88. The molecule has 1 aliphatic rings. The maximum absolute atomic E-state index is 13.2. The van der Waals surface area contributed by atoms with Gasteiger partial charge in [-0.2, -0.15) is 0 Å². The monoisotopic (exact) mass is 399 g/mol. The Bertz CT molecular complexity index is 850. The lowest BCUT2D eigenvalue weighted by atomic mass is 9.83. The van der Waals surface area contributed by atoms with Gasteiger partial charge in [-0.05, 0) is 18.9 Å². The molecule has 1 aromatic heterocycles. The van der Waals surface area contributed by atoms with Crippen molar-refractivity contribution in [1.82, 2.24) is 25.0 Å². The van der Waals surface area contributed by atoms with Crippen LogP contribution in [-0.2, 0) is 23.2 Å². The Morgan fingerprint density at radius 1 is 1.34 bits per heavy atom. The van der Waals surface area contributed by atoms with Gasteiger partial charge in [-0.1, -0.05) is 31.5 Å². The summed E-state index contributed by atoms with van der Waals surface area (Å²) in [6, 6.07) is 7.29. The van der Waals surface area contributed by atoms with Crippen LogP contribution in [0.3, 0.4) is 0 Å². The number of nitrogens with zero attached hydrogens (tertiary/aromatic N) is 4. The second-order valence-electron chi connectivity index (χ2n) is 7.35. The molecule has 0 radical (unpaired) electrons. The summed E-state index contributed by atoms with van der Waals surface area (Å²) >= 11 is 0. The van der Waals surface area contributed by atoms with Crippen LogP contribution >= 0.6 is 0 Å². The zero-order chi connectivity index (χ0) is 20.8. The number of hydrogen-bond donors (Lipinski definition) is 1. The zero-order valence-corrected chi connectivity index (χ0v) is 17.3. The van der Waals surface area contributed by atoms with E-state index in [9.17, 15) is 9.59 Å². The lowest BCUT2D eigenvalue weighted by Crippen LogP contribution is -2.48. The van der Waals surface area contributed by atoms with Gasteiger partial charge in [0.05, 0.1) is 25.6 Å². The van der Waals surface area contributed by atoms with E-state index in [2.05, 4.69) is 22.4 Å². The molecule has 2 amide bonds. The van der Waals surface area contributed by atoms with Crippen molar-refractivity contribution >= 4 is 11.8 Å². The van der Waals surface area contributed by atoms with E-state index in [4.69, 9.17) is 4.74 Å². The Morgan fingerprint density at radius 3 is 2.83 bits per heavy atom. The SMILES string of the molecule is CCCCN1C(=O)CCC(C(=O)NCc2nncn2C)C1c1ccccc1OC. The van der Waals surface area contributed by atoms with Gasteiger partial charge >= 0.3 is 0 Å². The summed E-state index contributed by atoms with van der Waals surface area (Å²) in [5.41, 5.74) is 0.873. The molecule has 2 atom stereocenters. The van der Waals surface area contributed by atoms with Crippen LogP contribution in [0, 0.1) is 5.92 Å². The number of aromatic nitrogens is 3. The number of rotatable bonds is 8. The highest BCUT2D eigenvalue weighted by Gasteiger charge is 2.41. The van der Waals surface area contributed by atoms with E-state index in [1.165, 1.54) is 0 Å². The second kappa shape index (κ2) is 9.54. The molecule has 0 saturated carbocycles. The Hall–Kier alpha value is -2.90. The number of nitrogens with one attached hydrogen (secondary N) is 1. The minimum atomic E-state index is -0.353. The molecule has 0 spiro atoms. The summed E-state index contributed by atoms with van der Waals surface area (Å²) in [5.74, 6) is 1.03. The van der Waals surface area contributed by atoms with Gasteiger partial charge in [0.2, 0.25) is 11.8 Å². The predicted molar refractivity (Wildman–Crippen MR) is 108 cm³/mol. The molecule has 1 N–H and O–H groups in total. The van der Waals surface area contributed by atoms with Crippen LogP contribution in [0.2, 0.25) is 0 Å². The smallest absolute Gasteiger partial charge is 0.225 e. The average Bonchev–Trinajstić information content (AvgIpc) is 3.15. The first kappa shape index (κ1) is 20.8. The molecule has 2 unspecified atom stereocenters. The molecule has 1 aromatic carbocycles. The normalized spacial score (nSPS) is 19.3. The van der Waals surface area contributed by atoms with Crippen molar-refractivity contribution in [2.75, 3.05) is 13.7 Å². The summed E-state index contributed by atoms with van der Waals surface area (Å²) in [6.45, 7) is 3.02. The number of para-hydroxylation sites is 1. The third-order valence-corrected chi connectivity index (χ3v) is 5.48. The molecule has 2 aromatic rings. The molecule has 1 saturated heterocycles. The third-order valence-electron chi connectivity index (χ3n) is 5.48. The van der Waals surface area contributed by atoms with E-state index in [1.54, 1.807) is 18.0 Å². The first-order valence-corrected chi connectivity index (χ1v) is 10.1. The highest BCUT2D eigenvalue weighted by Crippen LogP contribution is 2.40. The number of hydrogen-bond acceptors (Lipinski definition) is 5. The number of ether oxygens (including phenoxy) is 1. The number of carbonyl (C=O) groups excluding carboxylic acids is 2. The van der Waals surface area contributed by atoms with Gasteiger partial charge in [-0.25, -0.2) is 0 Å². The molecule has 0 bridgehead atoms. The van der Waals surface area contributed by atoms with Crippen LogP contribution in [0.4, 0.5) is 0 Å². The molecule has 1 aliphatic heterocycles. The van der Waals surface area contributed by atoms with Crippen molar-refractivity contribution < 1.29 is 14.3 Å². The number of piperidine rings is 1. The van der Waals surface area contributed by atoms with Gasteiger partial charge in [0.1, 0.15) is 12.1 Å². The lowest BCUT2D eigenvalue weighted by Gasteiger charge is -2.41. The number of unbranched alkanes of at least 4 members (excludes halogenated alkanes) is 1. The molecule has 0 aliphatic carbocycles. The van der Waals surface area contributed by atoms with Crippen LogP contribution in [0.25, 0.3) is 0 Å². The van der Waals surface area contributed by atoms with Crippen LogP contribution in [-0.4, -0.2) is 45.1 Å². The number of likely N-dealkylation sites (tertiary alicyclic amines) is 1. The van der Waals surface area contributed by atoms with Crippen LogP contribution in [0.15, 0.2) is 30.6 Å². The number of benzene rings is 1. The van der Waals surface area contributed by atoms with E-state index in [0.29, 0.717) is 37.5 Å². The summed E-state index contributed by atoms with van der Waals surface area (Å²) in [6.07, 6.45) is 4.35. The van der Waals surface area contributed by atoms with Crippen molar-refractivity contribution in [1.29, 1.82) is 0 Å². The largest absolute Gasteiger partial charge is 0.496 e. The molecule has 1 fully saturated rings. The molecule has 3 rings (SSSR count). The van der Waals surface area contributed by atoms with Crippen LogP contribution in [0.1, 0.15) is 50.0 Å². The number of methoxy groups -OCH3 is 1. The highest BCUT2D eigenvalue weighted by atomic mass is 16.5. The van der Waals surface area contributed by atoms with Crippen molar-refractivity contribution in [2.24, 2.45) is 13.0 Å². The quantitative estimate of drug-likeness (QED) is 0.735. The van der Waals surface area contributed by atoms with Crippen molar-refractivity contribution in [2.45, 2.75) is 45.2 Å². The van der Waals surface area contributed by atoms with E-state index >= 15 is 0 Å². The van der Waals surface area contributed by atoms with Crippen LogP contribution in [0.5, 0.6) is 5.75 Å². The fraction of sp³-hybridized carbons (Fsp3) is 0.524. The standard InChI is InChI=1S/C21H29N5O3/c1-4-5-12-26-19(27)11-10-16(20(26)15-8-6-7-9-17(15)29-3)21(28)22-13-18-24-23-14-25(18)2/h6-9,14,16,20H,4-5,10-13H2,1-3H3,(H,22,28). The van der Waals surface area contributed by atoms with Gasteiger partial charge < -0.3 is 19.5 Å². The molecule has 8 heteroatoms. The van der Waals surface area contributed by atoms with Gasteiger partial charge in [0.15, 0.2) is 5.82 Å². The number of amides is 2. The van der Waals surface area contributed by atoms with Crippen LogP contribution < -0.4 is 10.1 Å². The van der Waals surface area contributed by atoms with E-state index < -0.39 is 0 Å². The summed E-state index contributed by atoms with van der Waals surface area (Å²) in [7, 11) is 3.45. The zero-order valence-electron chi connectivity index (χ0n) is 17.3. The first-order valence-electron chi connectivity index (χ1n) is 10.1. The Balaban J connectivity index is 1.89. The first-order chi connectivity index (χ1) is 14.1. The number of aryl methyl sites for hydroxylation is 1. The average molecular weight is 399 g/mol.